The van der Waals surface area contributed by atoms with E-state index < -0.39 is 0 Å². The molecule has 2 aliphatic rings. The molecule has 7 heteroatoms. The molecule has 1 aliphatic carbocycles. The van der Waals surface area contributed by atoms with Crippen molar-refractivity contribution in [3.05, 3.63) is 82.9 Å². The van der Waals surface area contributed by atoms with Gasteiger partial charge in [-0.05, 0) is 72.9 Å². The number of fused-ring (bicyclic) bond motifs is 1. The van der Waals surface area contributed by atoms with E-state index in [1.807, 2.05) is 0 Å². The summed E-state index contributed by atoms with van der Waals surface area (Å²) in [6, 6.07) is 21.9. The zero-order chi connectivity index (χ0) is 31.8. The number of nitrogens with zero attached hydrogens (tertiary/aromatic N) is 2. The highest BCUT2D eigenvalue weighted by Crippen LogP contribution is 2.32. The van der Waals surface area contributed by atoms with Gasteiger partial charge in [0.25, 0.3) is 0 Å². The number of benzene rings is 3. The van der Waals surface area contributed by atoms with Crippen molar-refractivity contribution in [2.24, 2.45) is 17.4 Å². The summed E-state index contributed by atoms with van der Waals surface area (Å²) in [5.41, 5.74) is 17.4. The summed E-state index contributed by atoms with van der Waals surface area (Å²) in [5, 5.41) is 12.9. The molecule has 5 rings (SSSR count). The molecule has 1 heterocycles. The van der Waals surface area contributed by atoms with E-state index in [2.05, 4.69) is 89.6 Å². The Balaban J connectivity index is 1.34. The molecule has 3 aromatic rings. The van der Waals surface area contributed by atoms with Gasteiger partial charge in [-0.25, -0.2) is 0 Å². The van der Waals surface area contributed by atoms with E-state index in [0.717, 1.165) is 50.9 Å². The van der Waals surface area contributed by atoms with Crippen LogP contribution in [0.2, 0.25) is 0 Å². The maximum Gasteiger partial charge on any atom is 0.227 e. The summed E-state index contributed by atoms with van der Waals surface area (Å²) in [6.45, 7) is 7.37. The molecule has 0 unspecified atom stereocenters. The molecule has 7 nitrogen and oxygen atoms in total. The van der Waals surface area contributed by atoms with Crippen LogP contribution in [0, 0.1) is 25.2 Å². The third-order valence-corrected chi connectivity index (χ3v) is 10.1. The molecule has 0 bridgehead atoms. The molecule has 3 aromatic carbocycles. The third kappa shape index (κ3) is 9.30. The van der Waals surface area contributed by atoms with E-state index in [0.29, 0.717) is 18.9 Å². The minimum Gasteiger partial charge on any atom is -0.370 e. The van der Waals surface area contributed by atoms with Gasteiger partial charge in [0.1, 0.15) is 0 Å². The van der Waals surface area contributed by atoms with Crippen molar-refractivity contribution >= 4 is 22.6 Å². The molecule has 1 amide bonds. The van der Waals surface area contributed by atoms with Crippen LogP contribution in [0.25, 0.3) is 10.8 Å². The van der Waals surface area contributed by atoms with Crippen molar-refractivity contribution in [2.45, 2.75) is 96.2 Å². The van der Waals surface area contributed by atoms with E-state index in [1.54, 1.807) is 0 Å². The van der Waals surface area contributed by atoms with Gasteiger partial charge >= 0.3 is 0 Å². The topological polar surface area (TPSA) is 111 Å². The number of carbonyl (C=O) groups is 1. The van der Waals surface area contributed by atoms with Crippen molar-refractivity contribution in [3.63, 3.8) is 0 Å². The molecular formula is C38H54N6O. The maximum absolute atomic E-state index is 14.2. The first-order valence-electron chi connectivity index (χ1n) is 17.2. The van der Waals surface area contributed by atoms with E-state index in [4.69, 9.17) is 16.9 Å². The lowest BCUT2D eigenvalue weighted by Gasteiger charge is -2.48. The number of nitrogens with one attached hydrogen (secondary N) is 2. The average Bonchev–Trinajstić information content (AvgIpc) is 3.02. The molecule has 0 radical (unpaired) electrons. The Hall–Kier alpha value is -3.42. The number of rotatable bonds is 12. The summed E-state index contributed by atoms with van der Waals surface area (Å²) in [7, 11) is 0. The Morgan fingerprint density at radius 2 is 1.76 bits per heavy atom. The average molecular weight is 611 g/mol. The van der Waals surface area contributed by atoms with Gasteiger partial charge in [-0.1, -0.05) is 98.3 Å². The van der Waals surface area contributed by atoms with E-state index >= 15 is 0 Å². The summed E-state index contributed by atoms with van der Waals surface area (Å²) in [4.78, 5) is 19.0. The van der Waals surface area contributed by atoms with Gasteiger partial charge in [-0.3, -0.25) is 15.1 Å². The molecule has 1 aliphatic heterocycles. The second kappa shape index (κ2) is 15.7. The van der Waals surface area contributed by atoms with Gasteiger partial charge in [0.2, 0.25) is 5.91 Å². The first-order chi connectivity index (χ1) is 21.7. The van der Waals surface area contributed by atoms with Crippen LogP contribution in [0.4, 0.5) is 0 Å². The molecule has 1 saturated carbocycles. The van der Waals surface area contributed by atoms with Crippen LogP contribution in [0.5, 0.6) is 0 Å². The van der Waals surface area contributed by atoms with Crippen LogP contribution in [0.3, 0.4) is 0 Å². The third-order valence-electron chi connectivity index (χ3n) is 10.1. The van der Waals surface area contributed by atoms with Crippen molar-refractivity contribution in [1.29, 1.82) is 5.41 Å². The Bertz CT molecular complexity index is 1430. The molecular weight excluding hydrogens is 556 g/mol. The predicted molar refractivity (Wildman–Crippen MR) is 186 cm³/mol. The van der Waals surface area contributed by atoms with Crippen LogP contribution in [0.1, 0.15) is 73.6 Å². The Morgan fingerprint density at radius 3 is 2.51 bits per heavy atom. The highest BCUT2D eigenvalue weighted by Gasteiger charge is 2.37. The normalized spacial score (nSPS) is 20.3. The summed E-state index contributed by atoms with van der Waals surface area (Å²) < 4.78 is 0. The number of guanidine groups is 1. The quantitative estimate of drug-likeness (QED) is 0.120. The van der Waals surface area contributed by atoms with Crippen LogP contribution in [0.15, 0.2) is 60.7 Å². The Labute approximate surface area is 270 Å². The number of aryl methyl sites for hydroxylation is 2. The highest BCUT2D eigenvalue weighted by atomic mass is 16.2. The van der Waals surface area contributed by atoms with Crippen LogP contribution in [-0.4, -0.2) is 66.0 Å². The fourth-order valence-electron chi connectivity index (χ4n) is 7.73. The van der Waals surface area contributed by atoms with Crippen LogP contribution in [-0.2, 0) is 17.6 Å². The Morgan fingerprint density at radius 1 is 0.978 bits per heavy atom. The fraction of sp³-hybridized carbons (Fsp3) is 0.526. The second-order valence-electron chi connectivity index (χ2n) is 13.8. The standard InChI is InChI=1S/C38H54N6O/c1-27-14-16-32(28(2)19-27)23-34(39)24-43-25-36(21-29-9-4-3-5-10-29)44(26-35(43)13-8-18-42-38(40)41)37(45)22-30-15-17-31-11-6-7-12-33(31)20-30/h6-7,11-12,14-17,19-20,29,34-36H,3-5,8-10,13,18,21-26,39H2,1-2H3,(H4,40,41,42)/t34-,35-,36+/m0/s1. The lowest BCUT2D eigenvalue weighted by Crippen LogP contribution is -2.62. The van der Waals surface area contributed by atoms with Crippen LogP contribution >= 0.6 is 0 Å². The number of piperazine rings is 1. The second-order valence-corrected chi connectivity index (χ2v) is 13.8. The van der Waals surface area contributed by atoms with Gasteiger partial charge < -0.3 is 21.7 Å². The van der Waals surface area contributed by atoms with Gasteiger partial charge in [0, 0.05) is 44.3 Å². The minimum atomic E-state index is 0.00530. The van der Waals surface area contributed by atoms with E-state index in [1.165, 1.54) is 59.6 Å². The maximum atomic E-state index is 14.2. The molecule has 242 valence electrons. The SMILES string of the molecule is Cc1ccc(C[C@H](N)CN2C[C@@H](CC3CCCCC3)N(C(=O)Cc3ccc4ccccc4c3)C[C@@H]2CCCNC(=N)N)c(C)c1. The smallest absolute Gasteiger partial charge is 0.227 e. The monoisotopic (exact) mass is 610 g/mol. The van der Waals surface area contributed by atoms with Crippen LogP contribution < -0.4 is 16.8 Å². The first kappa shape index (κ1) is 33.0. The van der Waals surface area contributed by atoms with Gasteiger partial charge in [-0.2, -0.15) is 0 Å². The molecule has 0 aromatic heterocycles. The highest BCUT2D eigenvalue weighted by molar-refractivity contribution is 5.85. The van der Waals surface area contributed by atoms with Gasteiger partial charge in [0.05, 0.1) is 6.42 Å². The van der Waals surface area contributed by atoms with Crippen molar-refractivity contribution < 1.29 is 4.79 Å². The molecule has 2 fully saturated rings. The zero-order valence-corrected chi connectivity index (χ0v) is 27.4. The van der Waals surface area contributed by atoms with Gasteiger partial charge in [-0.15, -0.1) is 0 Å². The molecule has 3 atom stereocenters. The summed E-state index contributed by atoms with van der Waals surface area (Å²) in [6.07, 6.45) is 10.6. The largest absolute Gasteiger partial charge is 0.370 e. The molecule has 45 heavy (non-hydrogen) atoms. The summed E-state index contributed by atoms with van der Waals surface area (Å²) >= 11 is 0. The van der Waals surface area contributed by atoms with Gasteiger partial charge in [0.15, 0.2) is 5.96 Å². The predicted octanol–water partition coefficient (Wildman–Crippen LogP) is 5.68. The number of nitrogens with two attached hydrogens (primary N) is 2. The van der Waals surface area contributed by atoms with Crippen molar-refractivity contribution in [1.82, 2.24) is 15.1 Å². The van der Waals surface area contributed by atoms with Crippen molar-refractivity contribution in [2.75, 3.05) is 26.2 Å². The van der Waals surface area contributed by atoms with E-state index in [-0.39, 0.29) is 30.0 Å². The molecule has 0 spiro atoms. The number of amides is 1. The number of carbonyl (C=O) groups excluding carboxylic acids is 1. The lowest BCUT2D eigenvalue weighted by molar-refractivity contribution is -0.138. The molecule has 6 N–H and O–H groups in total. The Kier molecular flexibility index (Phi) is 11.5. The number of hydrogen-bond acceptors (Lipinski definition) is 4. The minimum absolute atomic E-state index is 0.00530. The fourth-order valence-corrected chi connectivity index (χ4v) is 7.73. The lowest BCUT2D eigenvalue weighted by atomic mass is 9.83. The number of hydrogen-bond donors (Lipinski definition) is 4. The van der Waals surface area contributed by atoms with Crippen molar-refractivity contribution in [3.8, 4) is 0 Å². The zero-order valence-electron chi connectivity index (χ0n) is 27.4. The first-order valence-corrected chi connectivity index (χ1v) is 17.2. The summed E-state index contributed by atoms with van der Waals surface area (Å²) in [5.74, 6) is 0.921. The van der Waals surface area contributed by atoms with E-state index in [9.17, 15) is 4.79 Å². The molecule has 1 saturated heterocycles.